The van der Waals surface area contributed by atoms with Crippen molar-refractivity contribution < 1.29 is 13.9 Å². The largest absolute Gasteiger partial charge is 0.479 e. The molecule has 2 heterocycles. The summed E-state index contributed by atoms with van der Waals surface area (Å²) in [6, 6.07) is 16.4. The van der Waals surface area contributed by atoms with Crippen LogP contribution in [0.4, 0.5) is 5.69 Å². The first-order chi connectivity index (χ1) is 12.6. The molecular formula is C21H19NO4. The van der Waals surface area contributed by atoms with Gasteiger partial charge in [-0.2, -0.15) is 0 Å². The van der Waals surface area contributed by atoms with Gasteiger partial charge < -0.3 is 14.5 Å². The molecule has 5 nitrogen and oxygen atoms in total. The molecule has 1 amide bonds. The molecule has 0 saturated carbocycles. The summed E-state index contributed by atoms with van der Waals surface area (Å²) in [7, 11) is 0. The second-order valence-electron chi connectivity index (χ2n) is 6.79. The van der Waals surface area contributed by atoms with E-state index in [9.17, 15) is 9.59 Å². The molecule has 1 aliphatic rings. The number of carbonyl (C=O) groups is 1. The van der Waals surface area contributed by atoms with Crippen molar-refractivity contribution in [3.63, 3.8) is 0 Å². The van der Waals surface area contributed by atoms with Crippen molar-refractivity contribution in [2.75, 3.05) is 5.32 Å². The number of hydrogen-bond donors (Lipinski definition) is 1. The van der Waals surface area contributed by atoms with Crippen LogP contribution in [0.5, 0.6) is 5.75 Å². The quantitative estimate of drug-likeness (QED) is 0.728. The Morgan fingerprint density at radius 3 is 2.46 bits per heavy atom. The van der Waals surface area contributed by atoms with Crippen LogP contribution in [0.3, 0.4) is 0 Å². The van der Waals surface area contributed by atoms with Crippen LogP contribution < -0.4 is 15.7 Å². The fourth-order valence-electron chi connectivity index (χ4n) is 3.54. The van der Waals surface area contributed by atoms with Gasteiger partial charge in [-0.3, -0.25) is 4.79 Å². The zero-order valence-electron chi connectivity index (χ0n) is 14.6. The molecular weight excluding hydrogens is 330 g/mol. The monoisotopic (exact) mass is 349 g/mol. The molecule has 1 aromatic heterocycles. The second-order valence-corrected chi connectivity index (χ2v) is 6.79. The summed E-state index contributed by atoms with van der Waals surface area (Å²) in [6.45, 7) is 3.95. The number of hydrogen-bond acceptors (Lipinski definition) is 4. The maximum absolute atomic E-state index is 12.9. The van der Waals surface area contributed by atoms with Gasteiger partial charge in [-0.05, 0) is 30.2 Å². The molecule has 0 spiro atoms. The highest BCUT2D eigenvalue weighted by Crippen LogP contribution is 2.44. The zero-order chi connectivity index (χ0) is 18.3. The van der Waals surface area contributed by atoms with Crippen LogP contribution >= 0.6 is 0 Å². The van der Waals surface area contributed by atoms with Crippen LogP contribution in [-0.4, -0.2) is 12.0 Å². The van der Waals surface area contributed by atoms with Crippen molar-refractivity contribution in [2.24, 2.45) is 5.92 Å². The fraction of sp³-hybridized carbons (Fsp3) is 0.238. The third-order valence-corrected chi connectivity index (χ3v) is 4.72. The van der Waals surface area contributed by atoms with E-state index in [4.69, 9.17) is 9.15 Å². The van der Waals surface area contributed by atoms with Gasteiger partial charge >= 0.3 is 5.63 Å². The molecule has 1 N–H and O–H groups in total. The van der Waals surface area contributed by atoms with Crippen molar-refractivity contribution in [3.05, 3.63) is 70.6 Å². The van der Waals surface area contributed by atoms with Gasteiger partial charge in [-0.1, -0.05) is 44.2 Å². The standard InChI is InChI=1S/C21H19NO4/c1-12(2)16-17-18(14-10-6-7-11-15(14)25-21(17)24)26-19(16)20(23)22-13-8-4-3-5-9-13/h3-12,16,19H,1-2H3,(H,22,23)/t16-,19-/m0/s1. The average molecular weight is 349 g/mol. The summed E-state index contributed by atoms with van der Waals surface area (Å²) >= 11 is 0. The van der Waals surface area contributed by atoms with Crippen LogP contribution in [0.15, 0.2) is 63.8 Å². The number of fused-ring (bicyclic) bond motifs is 3. The smallest absolute Gasteiger partial charge is 0.343 e. The number of para-hydroxylation sites is 2. The topological polar surface area (TPSA) is 68.5 Å². The van der Waals surface area contributed by atoms with E-state index in [1.165, 1.54) is 0 Å². The lowest BCUT2D eigenvalue weighted by Gasteiger charge is -2.21. The number of ether oxygens (including phenoxy) is 1. The average Bonchev–Trinajstić information content (AvgIpc) is 3.05. The Labute approximate surface area is 150 Å². The number of benzene rings is 2. The molecule has 4 rings (SSSR count). The van der Waals surface area contributed by atoms with Crippen LogP contribution in [0, 0.1) is 5.92 Å². The van der Waals surface area contributed by atoms with E-state index >= 15 is 0 Å². The van der Waals surface area contributed by atoms with E-state index in [1.54, 1.807) is 12.1 Å². The lowest BCUT2D eigenvalue weighted by molar-refractivity contribution is -0.123. The van der Waals surface area contributed by atoms with Crippen molar-refractivity contribution in [1.29, 1.82) is 0 Å². The molecule has 2 atom stereocenters. The first-order valence-electron chi connectivity index (χ1n) is 8.64. The van der Waals surface area contributed by atoms with Crippen LogP contribution in [-0.2, 0) is 4.79 Å². The predicted octanol–water partition coefficient (Wildman–Crippen LogP) is 3.93. The molecule has 132 valence electrons. The van der Waals surface area contributed by atoms with E-state index in [1.807, 2.05) is 56.3 Å². The third-order valence-electron chi connectivity index (χ3n) is 4.72. The minimum absolute atomic E-state index is 0.0341. The lowest BCUT2D eigenvalue weighted by Crippen LogP contribution is -2.37. The predicted molar refractivity (Wildman–Crippen MR) is 99.6 cm³/mol. The molecule has 0 saturated heterocycles. The Hall–Kier alpha value is -3.08. The Balaban J connectivity index is 1.77. The molecule has 26 heavy (non-hydrogen) atoms. The second kappa shape index (κ2) is 6.33. The summed E-state index contributed by atoms with van der Waals surface area (Å²) in [5.41, 5.74) is 1.17. The first-order valence-corrected chi connectivity index (χ1v) is 8.64. The Morgan fingerprint density at radius 2 is 1.73 bits per heavy atom. The van der Waals surface area contributed by atoms with Gasteiger partial charge in [0.1, 0.15) is 11.3 Å². The van der Waals surface area contributed by atoms with Gasteiger partial charge in [0.25, 0.3) is 5.91 Å². The van der Waals surface area contributed by atoms with Gasteiger partial charge in [0, 0.05) is 11.6 Å². The van der Waals surface area contributed by atoms with Gasteiger partial charge in [0.2, 0.25) is 0 Å². The maximum Gasteiger partial charge on any atom is 0.343 e. The minimum Gasteiger partial charge on any atom is -0.479 e. The number of nitrogens with one attached hydrogen (secondary N) is 1. The van der Waals surface area contributed by atoms with Gasteiger partial charge in [0.15, 0.2) is 6.10 Å². The van der Waals surface area contributed by atoms with Crippen molar-refractivity contribution in [2.45, 2.75) is 25.9 Å². The SMILES string of the molecule is CC(C)[C@H]1c2c(c3ccccc3oc2=O)O[C@@H]1C(=O)Nc1ccccc1. The molecule has 0 aliphatic carbocycles. The first kappa shape index (κ1) is 16.4. The molecule has 2 aromatic carbocycles. The van der Waals surface area contributed by atoms with Gasteiger partial charge in [-0.15, -0.1) is 0 Å². The normalized spacial score (nSPS) is 18.6. The summed E-state index contributed by atoms with van der Waals surface area (Å²) in [5.74, 6) is -0.139. The number of anilines is 1. The highest BCUT2D eigenvalue weighted by Gasteiger charge is 2.44. The maximum atomic E-state index is 12.9. The third kappa shape index (κ3) is 2.65. The lowest BCUT2D eigenvalue weighted by atomic mass is 9.85. The van der Waals surface area contributed by atoms with Crippen molar-refractivity contribution >= 4 is 22.6 Å². The van der Waals surface area contributed by atoms with Crippen LogP contribution in [0.1, 0.15) is 25.3 Å². The molecule has 1 aliphatic heterocycles. The Kier molecular flexibility index (Phi) is 3.99. The van der Waals surface area contributed by atoms with E-state index in [0.717, 1.165) is 0 Å². The molecule has 0 fully saturated rings. The van der Waals surface area contributed by atoms with E-state index < -0.39 is 11.7 Å². The minimum atomic E-state index is -0.779. The number of amides is 1. The summed E-state index contributed by atoms with van der Waals surface area (Å²) in [4.78, 5) is 25.5. The van der Waals surface area contributed by atoms with E-state index in [2.05, 4.69) is 5.32 Å². The number of carbonyl (C=O) groups excluding carboxylic acids is 1. The van der Waals surface area contributed by atoms with E-state index in [-0.39, 0.29) is 17.7 Å². The molecule has 3 aromatic rings. The van der Waals surface area contributed by atoms with Gasteiger partial charge in [0.05, 0.1) is 10.9 Å². The van der Waals surface area contributed by atoms with Crippen molar-refractivity contribution in [1.82, 2.24) is 0 Å². The van der Waals surface area contributed by atoms with Crippen molar-refractivity contribution in [3.8, 4) is 5.75 Å². The molecule has 0 unspecified atom stereocenters. The zero-order valence-corrected chi connectivity index (χ0v) is 14.6. The molecule has 5 heteroatoms. The summed E-state index contributed by atoms with van der Waals surface area (Å²) in [5, 5.41) is 3.59. The Bertz CT molecular complexity index is 1020. The highest BCUT2D eigenvalue weighted by atomic mass is 16.5. The van der Waals surface area contributed by atoms with Gasteiger partial charge in [-0.25, -0.2) is 4.79 Å². The number of rotatable bonds is 3. The van der Waals surface area contributed by atoms with E-state index in [0.29, 0.717) is 28.0 Å². The Morgan fingerprint density at radius 1 is 1.04 bits per heavy atom. The highest BCUT2D eigenvalue weighted by molar-refractivity contribution is 5.97. The van der Waals surface area contributed by atoms with Crippen LogP contribution in [0.25, 0.3) is 11.0 Å². The van der Waals surface area contributed by atoms with Crippen LogP contribution in [0.2, 0.25) is 0 Å². The molecule has 0 radical (unpaired) electrons. The summed E-state index contributed by atoms with van der Waals surface area (Å²) in [6.07, 6.45) is -0.779. The fourth-order valence-corrected chi connectivity index (χ4v) is 3.54. The summed E-state index contributed by atoms with van der Waals surface area (Å²) < 4.78 is 11.5. The molecule has 0 bridgehead atoms.